The van der Waals surface area contributed by atoms with Gasteiger partial charge in [-0.15, -0.1) is 0 Å². The Hall–Kier alpha value is -3.88. The monoisotopic (exact) mass is 433 g/mol. The summed E-state index contributed by atoms with van der Waals surface area (Å²) in [4.78, 5) is 39.3. The highest BCUT2D eigenvalue weighted by Crippen LogP contribution is 2.40. The van der Waals surface area contributed by atoms with E-state index in [1.54, 1.807) is 30.7 Å². The lowest BCUT2D eigenvalue weighted by Crippen LogP contribution is -2.42. The third kappa shape index (κ3) is 3.45. The lowest BCUT2D eigenvalue weighted by molar-refractivity contribution is -0.134. The largest absolute Gasteiger partial charge is 0.463 e. The second-order valence-corrected chi connectivity index (χ2v) is 8.38. The van der Waals surface area contributed by atoms with E-state index in [0.29, 0.717) is 23.3 Å². The predicted molar refractivity (Wildman–Crippen MR) is 115 cm³/mol. The minimum Gasteiger partial charge on any atom is -0.463 e. The van der Waals surface area contributed by atoms with Crippen LogP contribution in [0.4, 0.5) is 10.6 Å². The first-order valence-electron chi connectivity index (χ1n) is 10.5. The molecule has 2 N–H and O–H groups in total. The smallest absolute Gasteiger partial charge is 0.325 e. The Bertz CT molecular complexity index is 1210. The summed E-state index contributed by atoms with van der Waals surface area (Å²) in [5.74, 6) is 0.821. The van der Waals surface area contributed by atoms with Gasteiger partial charge in [0.05, 0.1) is 11.4 Å². The summed E-state index contributed by atoms with van der Waals surface area (Å²) in [5.41, 5.74) is 0.377. The van der Waals surface area contributed by atoms with E-state index in [1.165, 1.54) is 0 Å². The quantitative estimate of drug-likeness (QED) is 0.581. The van der Waals surface area contributed by atoms with Crippen molar-refractivity contribution < 1.29 is 18.8 Å². The summed E-state index contributed by atoms with van der Waals surface area (Å²) in [7, 11) is 0. The molecular weight excluding hydrogens is 410 g/mol. The maximum absolute atomic E-state index is 13.0. The number of amides is 4. The van der Waals surface area contributed by atoms with E-state index in [1.807, 2.05) is 36.4 Å². The van der Waals surface area contributed by atoms with Gasteiger partial charge in [-0.25, -0.2) is 9.48 Å². The lowest BCUT2D eigenvalue weighted by atomic mass is 9.99. The molecule has 1 aliphatic heterocycles. The fourth-order valence-electron chi connectivity index (χ4n) is 3.87. The number of benzene rings is 1. The van der Waals surface area contributed by atoms with Crippen molar-refractivity contribution in [3.8, 4) is 5.69 Å². The van der Waals surface area contributed by atoms with Crippen molar-refractivity contribution in [1.82, 2.24) is 20.0 Å². The highest BCUT2D eigenvalue weighted by molar-refractivity contribution is 6.09. The number of hydrogen-bond donors (Lipinski definition) is 2. The Kier molecular flexibility index (Phi) is 4.61. The van der Waals surface area contributed by atoms with E-state index in [4.69, 9.17) is 4.42 Å². The molecule has 4 amide bonds. The van der Waals surface area contributed by atoms with Crippen LogP contribution in [0.1, 0.15) is 42.9 Å². The van der Waals surface area contributed by atoms with Crippen LogP contribution >= 0.6 is 0 Å². The maximum Gasteiger partial charge on any atom is 0.325 e. The van der Waals surface area contributed by atoms with Crippen LogP contribution in [-0.2, 0) is 15.1 Å². The Morgan fingerprint density at radius 2 is 1.97 bits per heavy atom. The van der Waals surface area contributed by atoms with E-state index < -0.39 is 29.9 Å². The van der Waals surface area contributed by atoms with Gasteiger partial charge in [0.1, 0.15) is 23.9 Å². The van der Waals surface area contributed by atoms with Gasteiger partial charge in [-0.3, -0.25) is 14.5 Å². The van der Waals surface area contributed by atoms with E-state index in [0.717, 1.165) is 29.1 Å². The molecule has 0 spiro atoms. The van der Waals surface area contributed by atoms with E-state index in [2.05, 4.69) is 15.7 Å². The molecule has 3 heterocycles. The van der Waals surface area contributed by atoms with Crippen LogP contribution < -0.4 is 10.6 Å². The van der Waals surface area contributed by atoms with Gasteiger partial charge in [-0.2, -0.15) is 5.10 Å². The first-order valence-corrected chi connectivity index (χ1v) is 10.5. The van der Waals surface area contributed by atoms with Crippen LogP contribution in [0.25, 0.3) is 5.69 Å². The minimum atomic E-state index is -1.35. The Morgan fingerprint density at radius 3 is 2.62 bits per heavy atom. The van der Waals surface area contributed by atoms with Gasteiger partial charge in [0.15, 0.2) is 5.54 Å². The fourth-order valence-corrected chi connectivity index (χ4v) is 3.87. The molecule has 5 rings (SSSR count). The van der Waals surface area contributed by atoms with E-state index >= 15 is 0 Å². The number of nitrogens with zero attached hydrogens (tertiary/aromatic N) is 3. The zero-order valence-electron chi connectivity index (χ0n) is 17.8. The molecule has 164 valence electrons. The molecular formula is C23H23N5O4. The zero-order chi connectivity index (χ0) is 22.5. The summed E-state index contributed by atoms with van der Waals surface area (Å²) in [5, 5.41) is 10.1. The second-order valence-electron chi connectivity index (χ2n) is 8.38. The molecule has 9 nitrogen and oxygen atoms in total. The molecule has 32 heavy (non-hydrogen) atoms. The number of nitrogens with one attached hydrogen (secondary N) is 2. The van der Waals surface area contributed by atoms with Crippen LogP contribution in [-0.4, -0.2) is 39.1 Å². The molecule has 1 aliphatic carbocycles. The Labute approximate surface area is 184 Å². The molecule has 2 aromatic heterocycles. The highest BCUT2D eigenvalue weighted by atomic mass is 16.3. The van der Waals surface area contributed by atoms with Gasteiger partial charge in [-0.05, 0) is 51.0 Å². The molecule has 1 unspecified atom stereocenters. The van der Waals surface area contributed by atoms with Crippen molar-refractivity contribution in [3.63, 3.8) is 0 Å². The number of aromatic nitrogens is 2. The third-order valence-electron chi connectivity index (χ3n) is 5.80. The molecule has 0 bridgehead atoms. The number of urea groups is 1. The molecule has 1 atom stereocenters. The van der Waals surface area contributed by atoms with Crippen molar-refractivity contribution in [2.24, 2.45) is 0 Å². The lowest BCUT2D eigenvalue weighted by Gasteiger charge is -2.19. The molecule has 1 aromatic carbocycles. The van der Waals surface area contributed by atoms with Crippen molar-refractivity contribution >= 4 is 23.7 Å². The van der Waals surface area contributed by atoms with Crippen molar-refractivity contribution in [3.05, 3.63) is 65.7 Å². The Balaban J connectivity index is 1.35. The summed E-state index contributed by atoms with van der Waals surface area (Å²) >= 11 is 0. The van der Waals surface area contributed by atoms with Gasteiger partial charge in [0.2, 0.25) is 5.91 Å². The summed E-state index contributed by atoms with van der Waals surface area (Å²) in [6.45, 7) is 2.90. The number of para-hydroxylation sites is 1. The second kappa shape index (κ2) is 7.37. The number of furan rings is 1. The summed E-state index contributed by atoms with van der Waals surface area (Å²) < 4.78 is 7.23. The van der Waals surface area contributed by atoms with Gasteiger partial charge in [0, 0.05) is 12.0 Å². The average molecular weight is 433 g/mol. The summed E-state index contributed by atoms with van der Waals surface area (Å²) in [6, 6.07) is 14.1. The maximum atomic E-state index is 13.0. The van der Waals surface area contributed by atoms with Crippen LogP contribution in [0.2, 0.25) is 0 Å². The number of rotatable bonds is 6. The van der Waals surface area contributed by atoms with Crippen LogP contribution in [0, 0.1) is 6.92 Å². The van der Waals surface area contributed by atoms with Gasteiger partial charge >= 0.3 is 6.03 Å². The van der Waals surface area contributed by atoms with Crippen LogP contribution in [0.5, 0.6) is 0 Å². The minimum absolute atomic E-state index is 0.326. The zero-order valence-corrected chi connectivity index (χ0v) is 17.8. The van der Waals surface area contributed by atoms with Crippen molar-refractivity contribution in [2.75, 3.05) is 11.9 Å². The number of anilines is 1. The van der Waals surface area contributed by atoms with E-state index in [-0.39, 0.29) is 0 Å². The molecule has 1 saturated heterocycles. The number of carbonyl (C=O) groups excluding carboxylic acids is 3. The topological polar surface area (TPSA) is 109 Å². The summed E-state index contributed by atoms with van der Waals surface area (Å²) in [6.07, 6.45) is 2.15. The third-order valence-corrected chi connectivity index (χ3v) is 5.80. The normalized spacial score (nSPS) is 20.5. The standard InChI is InChI=1S/C23H23N5O4/c1-14-8-11-18(32-14)23(2)21(30)27(22(31)25-23)13-20(29)24-19-12-17(15-9-10-15)26-28(19)16-6-4-3-5-7-16/h3-8,11-12,15H,9-10,13H2,1-2H3,(H,24,29)(H,25,31). The van der Waals surface area contributed by atoms with Gasteiger partial charge in [-0.1, -0.05) is 18.2 Å². The fraction of sp³-hybridized carbons (Fsp3) is 0.304. The SMILES string of the molecule is Cc1ccc(C2(C)NC(=O)N(CC(=O)Nc3cc(C4CC4)nn3-c3ccccc3)C2=O)o1. The first-order chi connectivity index (χ1) is 15.3. The number of hydrogen-bond acceptors (Lipinski definition) is 5. The van der Waals surface area contributed by atoms with Crippen LogP contribution in [0.15, 0.2) is 52.9 Å². The highest BCUT2D eigenvalue weighted by Gasteiger charge is 2.51. The van der Waals surface area contributed by atoms with E-state index in [9.17, 15) is 14.4 Å². The van der Waals surface area contributed by atoms with Gasteiger partial charge in [0.25, 0.3) is 5.91 Å². The molecule has 0 radical (unpaired) electrons. The molecule has 3 aromatic rings. The predicted octanol–water partition coefficient (Wildman–Crippen LogP) is 3.06. The van der Waals surface area contributed by atoms with Crippen molar-refractivity contribution in [2.45, 2.75) is 38.1 Å². The Morgan fingerprint density at radius 1 is 1.22 bits per heavy atom. The molecule has 2 fully saturated rings. The average Bonchev–Trinajstić information content (AvgIpc) is 3.33. The molecule has 2 aliphatic rings. The number of imide groups is 1. The van der Waals surface area contributed by atoms with Crippen molar-refractivity contribution in [1.29, 1.82) is 0 Å². The first kappa shape index (κ1) is 20.0. The molecule has 1 saturated carbocycles. The molecule has 9 heteroatoms. The van der Waals surface area contributed by atoms with Gasteiger partial charge < -0.3 is 15.1 Å². The number of aryl methyl sites for hydroxylation is 1. The van der Waals surface area contributed by atoms with Crippen LogP contribution in [0.3, 0.4) is 0 Å². The number of carbonyl (C=O) groups is 3.